The highest BCUT2D eigenvalue weighted by molar-refractivity contribution is 5.97. The summed E-state index contributed by atoms with van der Waals surface area (Å²) in [5.74, 6) is -0.334. The molecule has 0 radical (unpaired) electrons. The molecule has 0 atom stereocenters. The van der Waals surface area contributed by atoms with Crippen LogP contribution >= 0.6 is 0 Å². The highest BCUT2D eigenvalue weighted by Crippen LogP contribution is 2.20. The number of amides is 2. The summed E-state index contributed by atoms with van der Waals surface area (Å²) < 4.78 is 12.4. The molecule has 0 aliphatic carbocycles. The SMILES string of the molecule is COCCN(Cc1cccn1C)C(=O)CN(CCOC)C(=O)c1ccc(-c2ccccc2)cc1. The van der Waals surface area contributed by atoms with Crippen LogP contribution in [0.4, 0.5) is 0 Å². The van der Waals surface area contributed by atoms with Gasteiger partial charge in [0, 0.05) is 51.8 Å². The van der Waals surface area contributed by atoms with E-state index in [1.165, 1.54) is 0 Å². The highest BCUT2D eigenvalue weighted by atomic mass is 16.5. The minimum Gasteiger partial charge on any atom is -0.383 e. The summed E-state index contributed by atoms with van der Waals surface area (Å²) >= 11 is 0. The molecule has 0 unspecified atom stereocenters. The molecule has 180 valence electrons. The molecule has 0 aliphatic rings. The molecule has 3 aromatic rings. The zero-order valence-corrected chi connectivity index (χ0v) is 20.1. The van der Waals surface area contributed by atoms with Crippen molar-refractivity contribution in [3.8, 4) is 11.1 Å². The van der Waals surface area contributed by atoms with Gasteiger partial charge >= 0.3 is 0 Å². The standard InChI is InChI=1S/C27H33N3O4/c1-28-15-7-10-25(28)20-29(16-18-33-2)26(31)21-30(17-19-34-3)27(32)24-13-11-23(12-14-24)22-8-5-4-6-9-22/h4-15H,16-21H2,1-3H3. The number of carbonyl (C=O) groups is 2. The first-order chi connectivity index (χ1) is 16.5. The maximum Gasteiger partial charge on any atom is 0.254 e. The monoisotopic (exact) mass is 463 g/mol. The van der Waals surface area contributed by atoms with E-state index >= 15 is 0 Å². The van der Waals surface area contributed by atoms with Crippen molar-refractivity contribution in [3.63, 3.8) is 0 Å². The van der Waals surface area contributed by atoms with E-state index in [9.17, 15) is 9.59 Å². The molecule has 0 N–H and O–H groups in total. The van der Waals surface area contributed by atoms with Gasteiger partial charge < -0.3 is 23.8 Å². The molecular formula is C27H33N3O4. The number of aryl methyl sites for hydroxylation is 1. The van der Waals surface area contributed by atoms with Crippen LogP contribution in [0.1, 0.15) is 16.1 Å². The van der Waals surface area contributed by atoms with Crippen molar-refractivity contribution in [1.82, 2.24) is 14.4 Å². The second-order valence-electron chi connectivity index (χ2n) is 8.08. The van der Waals surface area contributed by atoms with Gasteiger partial charge in [0.2, 0.25) is 5.91 Å². The Hall–Kier alpha value is -3.42. The van der Waals surface area contributed by atoms with Crippen LogP contribution < -0.4 is 0 Å². The van der Waals surface area contributed by atoms with Gasteiger partial charge in [-0.2, -0.15) is 0 Å². The first kappa shape index (κ1) is 25.2. The van der Waals surface area contributed by atoms with Crippen LogP contribution in [0.5, 0.6) is 0 Å². The average molecular weight is 464 g/mol. The third kappa shape index (κ3) is 6.79. The Bertz CT molecular complexity index is 1050. The molecule has 1 aromatic heterocycles. The molecule has 7 nitrogen and oxygen atoms in total. The largest absolute Gasteiger partial charge is 0.383 e. The van der Waals surface area contributed by atoms with Gasteiger partial charge in [0.25, 0.3) is 5.91 Å². The van der Waals surface area contributed by atoms with Gasteiger partial charge in [-0.3, -0.25) is 9.59 Å². The summed E-state index contributed by atoms with van der Waals surface area (Å²) in [4.78, 5) is 29.9. The molecular weight excluding hydrogens is 430 g/mol. The number of methoxy groups -OCH3 is 2. The van der Waals surface area contributed by atoms with Gasteiger partial charge in [-0.05, 0) is 35.4 Å². The number of aromatic nitrogens is 1. The van der Waals surface area contributed by atoms with Crippen molar-refractivity contribution < 1.29 is 19.1 Å². The van der Waals surface area contributed by atoms with E-state index in [0.29, 0.717) is 38.4 Å². The predicted molar refractivity (Wildman–Crippen MR) is 132 cm³/mol. The molecule has 3 rings (SSSR count). The third-order valence-electron chi connectivity index (χ3n) is 5.74. The third-order valence-corrected chi connectivity index (χ3v) is 5.74. The summed E-state index contributed by atoms with van der Waals surface area (Å²) in [5, 5.41) is 0. The lowest BCUT2D eigenvalue weighted by atomic mass is 10.0. The van der Waals surface area contributed by atoms with E-state index in [4.69, 9.17) is 9.47 Å². The number of benzene rings is 2. The molecule has 0 fully saturated rings. The Kier molecular flexibility index (Phi) is 9.43. The fourth-order valence-electron chi connectivity index (χ4n) is 3.69. The van der Waals surface area contributed by atoms with Crippen molar-refractivity contribution in [2.75, 3.05) is 47.1 Å². The fourth-order valence-corrected chi connectivity index (χ4v) is 3.69. The van der Waals surface area contributed by atoms with Crippen LogP contribution in [0.25, 0.3) is 11.1 Å². The van der Waals surface area contributed by atoms with Crippen molar-refractivity contribution in [2.45, 2.75) is 6.54 Å². The van der Waals surface area contributed by atoms with Crippen molar-refractivity contribution in [3.05, 3.63) is 84.2 Å². The molecule has 0 spiro atoms. The number of rotatable bonds is 12. The summed E-state index contributed by atoms with van der Waals surface area (Å²) in [6.07, 6.45) is 1.95. The summed E-state index contributed by atoms with van der Waals surface area (Å²) in [7, 11) is 5.14. The normalized spacial score (nSPS) is 10.8. The van der Waals surface area contributed by atoms with Gasteiger partial charge in [-0.15, -0.1) is 0 Å². The maximum absolute atomic E-state index is 13.3. The zero-order chi connectivity index (χ0) is 24.3. The minimum atomic E-state index is -0.199. The van der Waals surface area contributed by atoms with Crippen LogP contribution in [-0.4, -0.2) is 73.2 Å². The lowest BCUT2D eigenvalue weighted by Gasteiger charge is -2.28. The van der Waals surface area contributed by atoms with Crippen molar-refractivity contribution >= 4 is 11.8 Å². The highest BCUT2D eigenvalue weighted by Gasteiger charge is 2.23. The van der Waals surface area contributed by atoms with E-state index in [2.05, 4.69) is 0 Å². The topological polar surface area (TPSA) is 64.0 Å². The van der Waals surface area contributed by atoms with Gasteiger partial charge in [0.05, 0.1) is 19.8 Å². The molecule has 2 aromatic carbocycles. The summed E-state index contributed by atoms with van der Waals surface area (Å²) in [5.41, 5.74) is 3.66. The molecule has 2 amide bonds. The predicted octanol–water partition coefficient (Wildman–Crippen LogP) is 3.46. The molecule has 0 aliphatic heterocycles. The van der Waals surface area contributed by atoms with Gasteiger partial charge in [0.1, 0.15) is 6.54 Å². The smallest absolute Gasteiger partial charge is 0.254 e. The van der Waals surface area contributed by atoms with Gasteiger partial charge in [0.15, 0.2) is 0 Å². The van der Waals surface area contributed by atoms with E-state index < -0.39 is 0 Å². The van der Waals surface area contributed by atoms with Crippen molar-refractivity contribution in [1.29, 1.82) is 0 Å². The Labute approximate surface area is 201 Å². The Morgan fingerprint density at radius 2 is 1.41 bits per heavy atom. The number of carbonyl (C=O) groups excluding carboxylic acids is 2. The average Bonchev–Trinajstić information content (AvgIpc) is 3.28. The van der Waals surface area contributed by atoms with Crippen LogP contribution in [0, 0.1) is 0 Å². The molecule has 1 heterocycles. The summed E-state index contributed by atoms with van der Waals surface area (Å²) in [6.45, 7) is 1.95. The van der Waals surface area contributed by atoms with Crippen LogP contribution in [-0.2, 0) is 27.9 Å². The van der Waals surface area contributed by atoms with E-state index in [-0.39, 0.29) is 18.4 Å². The lowest BCUT2D eigenvalue weighted by Crippen LogP contribution is -2.45. The van der Waals surface area contributed by atoms with Gasteiger partial charge in [-0.25, -0.2) is 0 Å². The second-order valence-corrected chi connectivity index (χ2v) is 8.08. The van der Waals surface area contributed by atoms with E-state index in [1.54, 1.807) is 24.0 Å². The lowest BCUT2D eigenvalue weighted by molar-refractivity contribution is -0.133. The molecule has 7 heteroatoms. The minimum absolute atomic E-state index is 0.0310. The van der Waals surface area contributed by atoms with Crippen LogP contribution in [0.3, 0.4) is 0 Å². The quantitative estimate of drug-likeness (QED) is 0.413. The van der Waals surface area contributed by atoms with E-state index in [1.807, 2.05) is 84.5 Å². The molecule has 34 heavy (non-hydrogen) atoms. The Morgan fingerprint density at radius 1 is 0.794 bits per heavy atom. The first-order valence-corrected chi connectivity index (χ1v) is 11.3. The number of nitrogens with zero attached hydrogens (tertiary/aromatic N) is 3. The second kappa shape index (κ2) is 12.7. The van der Waals surface area contributed by atoms with Gasteiger partial charge in [-0.1, -0.05) is 42.5 Å². The van der Waals surface area contributed by atoms with E-state index in [0.717, 1.165) is 16.8 Å². The number of ether oxygens (including phenoxy) is 2. The first-order valence-electron chi connectivity index (χ1n) is 11.3. The number of hydrogen-bond donors (Lipinski definition) is 0. The fraction of sp³-hybridized carbons (Fsp3) is 0.333. The van der Waals surface area contributed by atoms with Crippen molar-refractivity contribution in [2.24, 2.45) is 7.05 Å². The maximum atomic E-state index is 13.3. The van der Waals surface area contributed by atoms with Crippen LogP contribution in [0.2, 0.25) is 0 Å². The Morgan fingerprint density at radius 3 is 2.00 bits per heavy atom. The number of hydrogen-bond acceptors (Lipinski definition) is 4. The Balaban J connectivity index is 1.74. The summed E-state index contributed by atoms with van der Waals surface area (Å²) in [6, 6.07) is 21.4. The molecule has 0 saturated carbocycles. The molecule has 0 saturated heterocycles. The molecule has 0 bridgehead atoms. The zero-order valence-electron chi connectivity index (χ0n) is 20.1. The van der Waals surface area contributed by atoms with Crippen LogP contribution in [0.15, 0.2) is 72.9 Å².